The first-order valence-electron chi connectivity index (χ1n) is 11.2. The molecule has 0 aromatic heterocycles. The number of carbonyl (C=O) groups excluding carboxylic acids is 1. The highest BCUT2D eigenvalue weighted by Crippen LogP contribution is 2.27. The topological polar surface area (TPSA) is 60.9 Å². The largest absolute Gasteiger partial charge is 0.336 e. The maximum Gasteiger partial charge on any atom is 0.254 e. The number of rotatable bonds is 5. The first-order valence-corrected chi connectivity index (χ1v) is 13.4. The molecule has 1 amide bonds. The fourth-order valence-corrected chi connectivity index (χ4v) is 6.53. The van der Waals surface area contributed by atoms with E-state index in [0.29, 0.717) is 42.1 Å². The van der Waals surface area contributed by atoms with Crippen molar-refractivity contribution < 1.29 is 13.2 Å². The lowest BCUT2D eigenvalue weighted by Crippen LogP contribution is -2.48. The number of piperidine rings is 1. The molecule has 0 N–H and O–H groups in total. The maximum atomic E-state index is 13.2. The minimum Gasteiger partial charge on any atom is -0.336 e. The number of halogens is 1. The van der Waals surface area contributed by atoms with Crippen LogP contribution in [0.4, 0.5) is 0 Å². The van der Waals surface area contributed by atoms with Gasteiger partial charge in [0, 0.05) is 55.8 Å². The summed E-state index contributed by atoms with van der Waals surface area (Å²) in [6.07, 6.45) is 1.73. The molecule has 0 atom stereocenters. The van der Waals surface area contributed by atoms with Crippen LogP contribution in [0.3, 0.4) is 0 Å². The Morgan fingerprint density at radius 3 is 2.28 bits per heavy atom. The van der Waals surface area contributed by atoms with Crippen LogP contribution in [0.25, 0.3) is 0 Å². The molecule has 0 bridgehead atoms. The molecule has 2 aliphatic rings. The van der Waals surface area contributed by atoms with Crippen LogP contribution >= 0.6 is 15.9 Å². The van der Waals surface area contributed by atoms with Crippen molar-refractivity contribution in [3.05, 3.63) is 64.1 Å². The molecule has 0 radical (unpaired) electrons. The summed E-state index contributed by atoms with van der Waals surface area (Å²) in [4.78, 5) is 17.5. The highest BCUT2D eigenvalue weighted by atomic mass is 79.9. The predicted octanol–water partition coefficient (Wildman–Crippen LogP) is 3.83. The molecule has 8 heteroatoms. The number of hydrogen-bond acceptors (Lipinski definition) is 4. The second-order valence-corrected chi connectivity index (χ2v) is 11.7. The molecule has 172 valence electrons. The predicted molar refractivity (Wildman–Crippen MR) is 129 cm³/mol. The van der Waals surface area contributed by atoms with Crippen LogP contribution in [0.5, 0.6) is 0 Å². The standard InChI is InChI=1S/C24H30BrN3O3S/c1-19-7-9-28(10-8-19)32(30,31)23-16-21(15-22(25)17-23)24(29)27-13-11-26(12-14-27)18-20-5-3-2-4-6-20/h2-6,15-17,19H,7-14,18H2,1H3. The smallest absolute Gasteiger partial charge is 0.254 e. The fraction of sp³-hybridized carbons (Fsp3) is 0.458. The van der Waals surface area contributed by atoms with Crippen LogP contribution in [0.1, 0.15) is 35.7 Å². The van der Waals surface area contributed by atoms with Crippen LogP contribution < -0.4 is 0 Å². The molecule has 2 aromatic carbocycles. The zero-order valence-electron chi connectivity index (χ0n) is 18.4. The van der Waals surface area contributed by atoms with E-state index in [4.69, 9.17) is 0 Å². The lowest BCUT2D eigenvalue weighted by atomic mass is 10.0. The van der Waals surface area contributed by atoms with Gasteiger partial charge < -0.3 is 4.90 Å². The number of hydrogen-bond donors (Lipinski definition) is 0. The summed E-state index contributed by atoms with van der Waals surface area (Å²) in [7, 11) is -3.61. The molecular formula is C24H30BrN3O3S. The number of piperazine rings is 1. The molecular weight excluding hydrogens is 490 g/mol. The maximum absolute atomic E-state index is 13.2. The molecule has 32 heavy (non-hydrogen) atoms. The van der Waals surface area contributed by atoms with Crippen molar-refractivity contribution in [3.8, 4) is 0 Å². The molecule has 2 saturated heterocycles. The van der Waals surface area contributed by atoms with Crippen LogP contribution in [-0.4, -0.2) is 67.7 Å². The Kier molecular flexibility index (Phi) is 7.34. The van der Waals surface area contributed by atoms with Gasteiger partial charge in [-0.3, -0.25) is 9.69 Å². The number of amides is 1. The highest BCUT2D eigenvalue weighted by molar-refractivity contribution is 9.10. The van der Waals surface area contributed by atoms with E-state index in [9.17, 15) is 13.2 Å². The Balaban J connectivity index is 1.44. The molecule has 4 rings (SSSR count). The van der Waals surface area contributed by atoms with Crippen molar-refractivity contribution in [1.82, 2.24) is 14.1 Å². The van der Waals surface area contributed by atoms with Gasteiger partial charge in [-0.25, -0.2) is 8.42 Å². The Morgan fingerprint density at radius 2 is 1.62 bits per heavy atom. The van der Waals surface area contributed by atoms with Crippen molar-refractivity contribution in [3.63, 3.8) is 0 Å². The quantitative estimate of drug-likeness (QED) is 0.602. The third-order valence-corrected chi connectivity index (χ3v) is 8.74. The van der Waals surface area contributed by atoms with Gasteiger partial charge in [0.2, 0.25) is 10.0 Å². The summed E-state index contributed by atoms with van der Waals surface area (Å²) in [5.41, 5.74) is 1.68. The van der Waals surface area contributed by atoms with Crippen molar-refractivity contribution >= 4 is 31.9 Å². The zero-order valence-corrected chi connectivity index (χ0v) is 20.8. The second kappa shape index (κ2) is 10.0. The summed E-state index contributed by atoms with van der Waals surface area (Å²) in [6, 6.07) is 15.2. The number of benzene rings is 2. The molecule has 6 nitrogen and oxygen atoms in total. The van der Waals surface area contributed by atoms with Crippen LogP contribution in [0.2, 0.25) is 0 Å². The molecule has 0 unspecified atom stereocenters. The molecule has 0 aliphatic carbocycles. The molecule has 0 spiro atoms. The van der Waals surface area contributed by atoms with Gasteiger partial charge in [-0.1, -0.05) is 53.2 Å². The van der Waals surface area contributed by atoms with Gasteiger partial charge in [0.25, 0.3) is 5.91 Å². The van der Waals surface area contributed by atoms with E-state index in [1.54, 1.807) is 16.4 Å². The highest BCUT2D eigenvalue weighted by Gasteiger charge is 2.30. The normalized spacial score (nSPS) is 19.2. The average Bonchev–Trinajstić information content (AvgIpc) is 2.80. The summed E-state index contributed by atoms with van der Waals surface area (Å²) in [5, 5.41) is 0. The number of sulfonamides is 1. The summed E-state index contributed by atoms with van der Waals surface area (Å²) in [6.45, 7) is 6.94. The lowest BCUT2D eigenvalue weighted by Gasteiger charge is -2.35. The van der Waals surface area contributed by atoms with E-state index in [-0.39, 0.29) is 10.8 Å². The van der Waals surface area contributed by atoms with Gasteiger partial charge >= 0.3 is 0 Å². The fourth-order valence-electron chi connectivity index (χ4n) is 4.34. The monoisotopic (exact) mass is 519 g/mol. The molecule has 2 heterocycles. The second-order valence-electron chi connectivity index (χ2n) is 8.82. The van der Waals surface area contributed by atoms with Crippen molar-refractivity contribution in [1.29, 1.82) is 0 Å². The Hall–Kier alpha value is -1.74. The van der Waals surface area contributed by atoms with E-state index in [1.165, 1.54) is 11.6 Å². The van der Waals surface area contributed by atoms with E-state index in [2.05, 4.69) is 39.9 Å². The van der Waals surface area contributed by atoms with E-state index >= 15 is 0 Å². The van der Waals surface area contributed by atoms with Gasteiger partial charge in [-0.05, 0) is 42.5 Å². The molecule has 2 aliphatic heterocycles. The minimum atomic E-state index is -3.61. The van der Waals surface area contributed by atoms with Crippen molar-refractivity contribution in [2.75, 3.05) is 39.3 Å². The van der Waals surface area contributed by atoms with Crippen LogP contribution in [-0.2, 0) is 16.6 Å². The first kappa shape index (κ1) is 23.4. The van der Waals surface area contributed by atoms with Crippen LogP contribution in [0, 0.1) is 5.92 Å². The van der Waals surface area contributed by atoms with E-state index < -0.39 is 10.0 Å². The van der Waals surface area contributed by atoms with Gasteiger partial charge in [-0.15, -0.1) is 0 Å². The average molecular weight is 520 g/mol. The van der Waals surface area contributed by atoms with E-state index in [0.717, 1.165) is 32.5 Å². The summed E-state index contributed by atoms with van der Waals surface area (Å²) in [5.74, 6) is 0.427. The van der Waals surface area contributed by atoms with Gasteiger partial charge in [0.15, 0.2) is 0 Å². The van der Waals surface area contributed by atoms with Crippen molar-refractivity contribution in [2.24, 2.45) is 5.92 Å². The van der Waals surface area contributed by atoms with Crippen LogP contribution in [0.15, 0.2) is 57.9 Å². The van der Waals surface area contributed by atoms with Gasteiger partial charge in [0.05, 0.1) is 4.90 Å². The van der Waals surface area contributed by atoms with Crippen molar-refractivity contribution in [2.45, 2.75) is 31.2 Å². The first-order chi connectivity index (χ1) is 15.3. The lowest BCUT2D eigenvalue weighted by molar-refractivity contribution is 0.0628. The zero-order chi connectivity index (χ0) is 22.7. The Morgan fingerprint density at radius 1 is 0.969 bits per heavy atom. The number of nitrogens with zero attached hydrogens (tertiary/aromatic N) is 3. The summed E-state index contributed by atoms with van der Waals surface area (Å²) >= 11 is 3.42. The third-order valence-electron chi connectivity index (χ3n) is 6.41. The van der Waals surface area contributed by atoms with E-state index in [1.807, 2.05) is 23.1 Å². The third kappa shape index (κ3) is 5.42. The summed E-state index contributed by atoms with van der Waals surface area (Å²) < 4.78 is 28.5. The SMILES string of the molecule is CC1CCN(S(=O)(=O)c2cc(Br)cc(C(=O)N3CCN(Cc4ccccc4)CC3)c2)CC1. The van der Waals surface area contributed by atoms with Gasteiger partial charge in [0.1, 0.15) is 0 Å². The number of carbonyl (C=O) groups is 1. The molecule has 0 saturated carbocycles. The molecule has 2 fully saturated rings. The molecule has 2 aromatic rings. The van der Waals surface area contributed by atoms with Gasteiger partial charge in [-0.2, -0.15) is 4.31 Å². The minimum absolute atomic E-state index is 0.116. The Labute approximate surface area is 199 Å². The Bertz CT molecular complexity index is 1050.